The molecule has 21 heavy (non-hydrogen) atoms. The van der Waals surface area contributed by atoms with Crippen molar-refractivity contribution in [1.29, 1.82) is 0 Å². The average Bonchev–Trinajstić information content (AvgIpc) is 2.75. The van der Waals surface area contributed by atoms with Gasteiger partial charge in [-0.2, -0.15) is 0 Å². The zero-order chi connectivity index (χ0) is 15.0. The summed E-state index contributed by atoms with van der Waals surface area (Å²) in [6.07, 6.45) is 1.26. The van der Waals surface area contributed by atoms with Crippen LogP contribution < -0.4 is 0 Å². The fourth-order valence-corrected chi connectivity index (χ4v) is 2.01. The molecule has 6 heteroatoms. The number of hydrogen-bond acceptors (Lipinski definition) is 2. The molecule has 0 saturated carbocycles. The van der Waals surface area contributed by atoms with E-state index in [-0.39, 0.29) is 17.1 Å². The Labute approximate surface area is 117 Å². The minimum absolute atomic E-state index is 0.179. The van der Waals surface area contributed by atoms with E-state index in [9.17, 15) is 18.3 Å². The first-order valence-electron chi connectivity index (χ1n) is 6.04. The van der Waals surface area contributed by atoms with E-state index in [0.717, 1.165) is 12.1 Å². The van der Waals surface area contributed by atoms with Crippen molar-refractivity contribution in [2.75, 3.05) is 0 Å². The van der Waals surface area contributed by atoms with Gasteiger partial charge in [-0.1, -0.05) is 0 Å². The molecule has 2 aromatic carbocycles. The number of halogens is 3. The van der Waals surface area contributed by atoms with Crippen LogP contribution in [0.1, 0.15) is 5.56 Å². The maximum absolute atomic E-state index is 13.3. The van der Waals surface area contributed by atoms with Crippen LogP contribution in [0.5, 0.6) is 5.88 Å². The molecule has 0 fully saturated rings. The third-order valence-corrected chi connectivity index (χ3v) is 3.03. The number of benzene rings is 2. The Bertz CT molecular complexity index is 855. The SMILES string of the molecule is Oc1[nH]c2ccc(F)cc2c1C=Nc1ccc(F)c(F)c1. The Hall–Kier alpha value is -2.76. The Morgan fingerprint density at radius 3 is 2.57 bits per heavy atom. The second kappa shape index (κ2) is 4.97. The zero-order valence-electron chi connectivity index (χ0n) is 10.6. The largest absolute Gasteiger partial charge is 0.494 e. The lowest BCUT2D eigenvalue weighted by Gasteiger charge is -1.96. The van der Waals surface area contributed by atoms with Gasteiger partial charge in [-0.3, -0.25) is 4.99 Å². The number of H-pyrrole nitrogens is 1. The first kappa shape index (κ1) is 13.2. The minimum Gasteiger partial charge on any atom is -0.494 e. The number of nitrogens with one attached hydrogen (secondary N) is 1. The summed E-state index contributed by atoms with van der Waals surface area (Å²) in [6, 6.07) is 7.17. The Morgan fingerprint density at radius 1 is 1.00 bits per heavy atom. The maximum Gasteiger partial charge on any atom is 0.198 e. The number of hydrogen-bond donors (Lipinski definition) is 2. The lowest BCUT2D eigenvalue weighted by molar-refractivity contribution is 0.457. The first-order chi connectivity index (χ1) is 10.0. The van der Waals surface area contributed by atoms with Gasteiger partial charge in [0.05, 0.1) is 11.3 Å². The fourth-order valence-electron chi connectivity index (χ4n) is 2.01. The van der Waals surface area contributed by atoms with E-state index in [2.05, 4.69) is 9.98 Å². The van der Waals surface area contributed by atoms with E-state index in [0.29, 0.717) is 10.9 Å². The predicted octanol–water partition coefficient (Wildman–Crippen LogP) is 4.04. The fraction of sp³-hybridized carbons (Fsp3) is 0. The van der Waals surface area contributed by atoms with Crippen molar-refractivity contribution >= 4 is 22.8 Å². The molecule has 0 atom stereocenters. The van der Waals surface area contributed by atoms with Crippen molar-refractivity contribution in [3.63, 3.8) is 0 Å². The van der Waals surface area contributed by atoms with Gasteiger partial charge in [-0.15, -0.1) is 0 Å². The molecule has 3 nitrogen and oxygen atoms in total. The molecule has 0 aliphatic heterocycles. The van der Waals surface area contributed by atoms with Crippen LogP contribution in [0.2, 0.25) is 0 Å². The molecule has 0 unspecified atom stereocenters. The zero-order valence-corrected chi connectivity index (χ0v) is 10.6. The van der Waals surface area contributed by atoms with Crippen molar-refractivity contribution in [3.05, 3.63) is 59.4 Å². The molecule has 0 spiro atoms. The van der Waals surface area contributed by atoms with Crippen molar-refractivity contribution in [2.45, 2.75) is 0 Å². The summed E-state index contributed by atoms with van der Waals surface area (Å²) in [6.45, 7) is 0. The van der Waals surface area contributed by atoms with Crippen molar-refractivity contribution in [1.82, 2.24) is 4.98 Å². The smallest absolute Gasteiger partial charge is 0.198 e. The second-order valence-electron chi connectivity index (χ2n) is 4.43. The highest BCUT2D eigenvalue weighted by Gasteiger charge is 2.09. The molecule has 106 valence electrons. The van der Waals surface area contributed by atoms with Crippen LogP contribution in [-0.4, -0.2) is 16.3 Å². The third-order valence-electron chi connectivity index (χ3n) is 3.03. The maximum atomic E-state index is 13.3. The summed E-state index contributed by atoms with van der Waals surface area (Å²) in [4.78, 5) is 6.63. The number of aromatic nitrogens is 1. The van der Waals surface area contributed by atoms with Crippen LogP contribution in [0, 0.1) is 17.5 Å². The van der Waals surface area contributed by atoms with Crippen LogP contribution >= 0.6 is 0 Å². The molecule has 1 heterocycles. The lowest BCUT2D eigenvalue weighted by Crippen LogP contribution is -1.83. The molecule has 3 aromatic rings. The Balaban J connectivity index is 2.04. The van der Waals surface area contributed by atoms with E-state index in [4.69, 9.17) is 0 Å². The monoisotopic (exact) mass is 290 g/mol. The molecular formula is C15H9F3N2O. The van der Waals surface area contributed by atoms with Gasteiger partial charge in [0.15, 0.2) is 17.5 Å². The van der Waals surface area contributed by atoms with Gasteiger partial charge in [0.25, 0.3) is 0 Å². The van der Waals surface area contributed by atoms with Crippen molar-refractivity contribution in [3.8, 4) is 5.88 Å². The van der Waals surface area contributed by atoms with Crippen LogP contribution in [0.25, 0.3) is 10.9 Å². The van der Waals surface area contributed by atoms with Crippen LogP contribution in [0.4, 0.5) is 18.9 Å². The van der Waals surface area contributed by atoms with Gasteiger partial charge in [-0.25, -0.2) is 13.2 Å². The molecule has 3 rings (SSSR count). The lowest BCUT2D eigenvalue weighted by atomic mass is 10.2. The number of fused-ring (bicyclic) bond motifs is 1. The van der Waals surface area contributed by atoms with Gasteiger partial charge >= 0.3 is 0 Å². The first-order valence-corrected chi connectivity index (χ1v) is 6.04. The van der Waals surface area contributed by atoms with Crippen LogP contribution in [0.3, 0.4) is 0 Å². The average molecular weight is 290 g/mol. The van der Waals surface area contributed by atoms with E-state index in [1.807, 2.05) is 0 Å². The molecule has 1 aromatic heterocycles. The number of nitrogens with zero attached hydrogens (tertiary/aromatic N) is 1. The number of aromatic hydroxyl groups is 1. The number of aromatic amines is 1. The third kappa shape index (κ3) is 2.47. The summed E-state index contributed by atoms with van der Waals surface area (Å²) in [5.74, 6) is -2.62. The quantitative estimate of drug-likeness (QED) is 0.687. The highest BCUT2D eigenvalue weighted by atomic mass is 19.2. The van der Waals surface area contributed by atoms with E-state index in [1.54, 1.807) is 0 Å². The normalized spacial score (nSPS) is 11.6. The Morgan fingerprint density at radius 2 is 1.81 bits per heavy atom. The summed E-state index contributed by atoms with van der Waals surface area (Å²) < 4.78 is 39.1. The molecule has 0 radical (unpaired) electrons. The summed E-state index contributed by atoms with van der Waals surface area (Å²) in [5, 5.41) is 10.2. The van der Waals surface area contributed by atoms with Gasteiger partial charge < -0.3 is 10.1 Å². The molecule has 0 bridgehead atoms. The highest BCUT2D eigenvalue weighted by molar-refractivity contribution is 6.02. The molecular weight excluding hydrogens is 281 g/mol. The topological polar surface area (TPSA) is 48.4 Å². The van der Waals surface area contributed by atoms with Crippen LogP contribution in [0.15, 0.2) is 41.4 Å². The molecule has 0 saturated heterocycles. The predicted molar refractivity (Wildman–Crippen MR) is 73.5 cm³/mol. The molecule has 0 amide bonds. The van der Waals surface area contributed by atoms with Gasteiger partial charge in [0.1, 0.15) is 5.82 Å². The molecule has 2 N–H and O–H groups in total. The van der Waals surface area contributed by atoms with Gasteiger partial charge in [0, 0.05) is 23.2 Å². The Kier molecular flexibility index (Phi) is 3.13. The number of aliphatic imine (C=N–C) groups is 1. The molecule has 0 aliphatic rings. The van der Waals surface area contributed by atoms with E-state index >= 15 is 0 Å². The minimum atomic E-state index is -1.01. The summed E-state index contributed by atoms with van der Waals surface area (Å²) in [7, 11) is 0. The standard InChI is InChI=1S/C15H9F3N2O/c16-8-1-4-14-10(5-8)11(15(21)20-14)7-19-9-2-3-12(17)13(18)6-9/h1-7,20-21H. The summed E-state index contributed by atoms with van der Waals surface area (Å²) in [5.41, 5.74) is 0.994. The van der Waals surface area contributed by atoms with Crippen molar-refractivity contribution in [2.24, 2.45) is 4.99 Å². The van der Waals surface area contributed by atoms with Crippen molar-refractivity contribution < 1.29 is 18.3 Å². The van der Waals surface area contributed by atoms with Gasteiger partial charge in [-0.05, 0) is 30.3 Å². The van der Waals surface area contributed by atoms with Gasteiger partial charge in [0.2, 0.25) is 0 Å². The van der Waals surface area contributed by atoms with Crippen LogP contribution in [-0.2, 0) is 0 Å². The second-order valence-corrected chi connectivity index (χ2v) is 4.43. The van der Waals surface area contributed by atoms with E-state index < -0.39 is 17.5 Å². The summed E-state index contributed by atoms with van der Waals surface area (Å²) >= 11 is 0. The molecule has 0 aliphatic carbocycles. The highest BCUT2D eigenvalue weighted by Crippen LogP contribution is 2.27. The van der Waals surface area contributed by atoms with E-state index in [1.165, 1.54) is 30.5 Å². The number of rotatable bonds is 2.